The Morgan fingerprint density at radius 2 is 1.35 bits per heavy atom. The van der Waals surface area contributed by atoms with Gasteiger partial charge in [0.25, 0.3) is 0 Å². The molecule has 0 fully saturated rings. The highest BCUT2D eigenvalue weighted by atomic mass is 16.1. The quantitative estimate of drug-likeness (QED) is 0.772. The van der Waals surface area contributed by atoms with Gasteiger partial charge in [-0.2, -0.15) is 0 Å². The third kappa shape index (κ3) is 3.58. The SMILES string of the molecule is CN(C)C=CC(=O)C(c1ccccc1)c1ccccc1. The Labute approximate surface area is 120 Å². The average Bonchev–Trinajstić information content (AvgIpc) is 2.48. The lowest BCUT2D eigenvalue weighted by Crippen LogP contribution is -2.13. The van der Waals surface area contributed by atoms with Gasteiger partial charge in [-0.05, 0) is 17.2 Å². The highest BCUT2D eigenvalue weighted by Gasteiger charge is 2.20. The van der Waals surface area contributed by atoms with E-state index in [1.165, 1.54) is 0 Å². The molecule has 0 aliphatic rings. The molecule has 20 heavy (non-hydrogen) atoms. The van der Waals surface area contributed by atoms with Crippen molar-refractivity contribution in [2.75, 3.05) is 14.1 Å². The fourth-order valence-electron chi connectivity index (χ4n) is 2.13. The van der Waals surface area contributed by atoms with E-state index in [9.17, 15) is 4.79 Å². The Bertz CT molecular complexity index is 533. The van der Waals surface area contributed by atoms with Crippen LogP contribution < -0.4 is 0 Å². The molecule has 0 N–H and O–H groups in total. The molecule has 0 bridgehead atoms. The first kappa shape index (κ1) is 14.1. The van der Waals surface area contributed by atoms with Crippen LogP contribution in [-0.2, 0) is 4.79 Å². The smallest absolute Gasteiger partial charge is 0.168 e. The number of hydrogen-bond donors (Lipinski definition) is 0. The second kappa shape index (κ2) is 6.71. The van der Waals surface area contributed by atoms with Gasteiger partial charge < -0.3 is 4.90 Å². The first-order valence-electron chi connectivity index (χ1n) is 6.67. The third-order valence-corrected chi connectivity index (χ3v) is 3.09. The van der Waals surface area contributed by atoms with Crippen LogP contribution in [0.15, 0.2) is 72.9 Å². The minimum Gasteiger partial charge on any atom is -0.383 e. The number of nitrogens with zero attached hydrogens (tertiary/aromatic N) is 1. The first-order valence-corrected chi connectivity index (χ1v) is 6.67. The van der Waals surface area contributed by atoms with E-state index in [1.807, 2.05) is 79.7 Å². The van der Waals surface area contributed by atoms with Crippen molar-refractivity contribution in [3.8, 4) is 0 Å². The zero-order chi connectivity index (χ0) is 14.4. The maximum atomic E-state index is 12.5. The standard InChI is InChI=1S/C18H19NO/c1-19(2)14-13-17(20)18(15-9-5-3-6-10-15)16-11-7-4-8-12-16/h3-14,18H,1-2H3. The molecule has 0 amide bonds. The molecule has 0 atom stereocenters. The van der Waals surface area contributed by atoms with Crippen LogP contribution in [0.2, 0.25) is 0 Å². The summed E-state index contributed by atoms with van der Waals surface area (Å²) >= 11 is 0. The number of rotatable bonds is 5. The topological polar surface area (TPSA) is 20.3 Å². The lowest BCUT2D eigenvalue weighted by Gasteiger charge is -2.15. The summed E-state index contributed by atoms with van der Waals surface area (Å²) in [7, 11) is 3.81. The largest absolute Gasteiger partial charge is 0.383 e. The molecular formula is C18H19NO. The molecule has 2 aromatic carbocycles. The number of allylic oxidation sites excluding steroid dienone is 1. The van der Waals surface area contributed by atoms with Gasteiger partial charge in [0.15, 0.2) is 5.78 Å². The number of carbonyl (C=O) groups is 1. The van der Waals surface area contributed by atoms with E-state index in [4.69, 9.17) is 0 Å². The number of ketones is 1. The van der Waals surface area contributed by atoms with Crippen molar-refractivity contribution in [3.05, 3.63) is 84.1 Å². The maximum Gasteiger partial charge on any atom is 0.168 e. The van der Waals surface area contributed by atoms with E-state index in [2.05, 4.69) is 0 Å². The summed E-state index contributed by atoms with van der Waals surface area (Å²) in [6.07, 6.45) is 3.44. The maximum absolute atomic E-state index is 12.5. The fourth-order valence-corrected chi connectivity index (χ4v) is 2.13. The predicted molar refractivity (Wildman–Crippen MR) is 82.6 cm³/mol. The van der Waals surface area contributed by atoms with E-state index in [0.29, 0.717) is 0 Å². The average molecular weight is 265 g/mol. The minimum absolute atomic E-state index is 0.0936. The van der Waals surface area contributed by atoms with Gasteiger partial charge in [-0.1, -0.05) is 60.7 Å². The Hall–Kier alpha value is -2.35. The summed E-state index contributed by atoms with van der Waals surface area (Å²) in [6.45, 7) is 0. The van der Waals surface area contributed by atoms with Crippen LogP contribution in [-0.4, -0.2) is 24.8 Å². The van der Waals surface area contributed by atoms with Crippen molar-refractivity contribution in [1.82, 2.24) is 4.90 Å². The summed E-state index contributed by atoms with van der Waals surface area (Å²) in [4.78, 5) is 14.4. The minimum atomic E-state index is -0.242. The van der Waals surface area contributed by atoms with Crippen LogP contribution >= 0.6 is 0 Å². The molecule has 2 rings (SSSR count). The highest BCUT2D eigenvalue weighted by Crippen LogP contribution is 2.25. The number of carbonyl (C=O) groups excluding carboxylic acids is 1. The van der Waals surface area contributed by atoms with Gasteiger partial charge in [-0.3, -0.25) is 4.79 Å². The molecule has 0 aromatic heterocycles. The fraction of sp³-hybridized carbons (Fsp3) is 0.167. The predicted octanol–water partition coefficient (Wildman–Crippen LogP) is 3.46. The van der Waals surface area contributed by atoms with E-state index < -0.39 is 0 Å². The molecule has 102 valence electrons. The van der Waals surface area contributed by atoms with Gasteiger partial charge in [0.2, 0.25) is 0 Å². The summed E-state index contributed by atoms with van der Waals surface area (Å²) in [6, 6.07) is 19.8. The molecule has 0 aliphatic carbocycles. The van der Waals surface area contributed by atoms with Gasteiger partial charge >= 0.3 is 0 Å². The monoisotopic (exact) mass is 265 g/mol. The molecule has 0 unspecified atom stereocenters. The van der Waals surface area contributed by atoms with Crippen LogP contribution in [0, 0.1) is 0 Å². The third-order valence-electron chi connectivity index (χ3n) is 3.09. The zero-order valence-electron chi connectivity index (χ0n) is 11.9. The van der Waals surface area contributed by atoms with Crippen LogP contribution in [0.25, 0.3) is 0 Å². The second-order valence-corrected chi connectivity index (χ2v) is 4.94. The van der Waals surface area contributed by atoms with Crippen LogP contribution in [0.3, 0.4) is 0 Å². The Kier molecular flexibility index (Phi) is 4.72. The summed E-state index contributed by atoms with van der Waals surface area (Å²) in [5.74, 6) is -0.148. The van der Waals surface area contributed by atoms with E-state index in [-0.39, 0.29) is 11.7 Å². The van der Waals surface area contributed by atoms with E-state index in [1.54, 1.807) is 12.3 Å². The number of hydrogen-bond acceptors (Lipinski definition) is 2. The highest BCUT2D eigenvalue weighted by molar-refractivity contribution is 5.97. The summed E-state index contributed by atoms with van der Waals surface area (Å²) < 4.78 is 0. The molecule has 0 spiro atoms. The molecule has 0 saturated carbocycles. The van der Waals surface area contributed by atoms with Crippen LogP contribution in [0.5, 0.6) is 0 Å². The second-order valence-electron chi connectivity index (χ2n) is 4.94. The van der Waals surface area contributed by atoms with Crippen molar-refractivity contribution in [2.45, 2.75) is 5.92 Å². The number of benzene rings is 2. The Morgan fingerprint density at radius 3 is 1.75 bits per heavy atom. The Morgan fingerprint density at radius 1 is 0.900 bits per heavy atom. The van der Waals surface area contributed by atoms with E-state index in [0.717, 1.165) is 11.1 Å². The lowest BCUT2D eigenvalue weighted by atomic mass is 9.87. The summed E-state index contributed by atoms with van der Waals surface area (Å²) in [5, 5.41) is 0. The normalized spacial score (nSPS) is 10.9. The van der Waals surface area contributed by atoms with Crippen molar-refractivity contribution < 1.29 is 4.79 Å². The van der Waals surface area contributed by atoms with Crippen molar-refractivity contribution in [3.63, 3.8) is 0 Å². The van der Waals surface area contributed by atoms with Crippen LogP contribution in [0.1, 0.15) is 17.0 Å². The first-order chi connectivity index (χ1) is 9.68. The van der Waals surface area contributed by atoms with E-state index >= 15 is 0 Å². The molecular weight excluding hydrogens is 246 g/mol. The lowest BCUT2D eigenvalue weighted by molar-refractivity contribution is -0.115. The molecule has 0 heterocycles. The molecule has 0 radical (unpaired) electrons. The van der Waals surface area contributed by atoms with Crippen molar-refractivity contribution in [1.29, 1.82) is 0 Å². The molecule has 2 aromatic rings. The van der Waals surface area contributed by atoms with Gasteiger partial charge in [0.1, 0.15) is 0 Å². The van der Waals surface area contributed by atoms with Crippen molar-refractivity contribution >= 4 is 5.78 Å². The zero-order valence-corrected chi connectivity index (χ0v) is 11.9. The van der Waals surface area contributed by atoms with Gasteiger partial charge in [-0.15, -0.1) is 0 Å². The molecule has 0 aliphatic heterocycles. The van der Waals surface area contributed by atoms with Crippen molar-refractivity contribution in [2.24, 2.45) is 0 Å². The van der Waals surface area contributed by atoms with Crippen LogP contribution in [0.4, 0.5) is 0 Å². The van der Waals surface area contributed by atoms with Gasteiger partial charge in [0, 0.05) is 20.3 Å². The van der Waals surface area contributed by atoms with Gasteiger partial charge in [0.05, 0.1) is 5.92 Å². The molecule has 2 nitrogen and oxygen atoms in total. The molecule has 2 heteroatoms. The Balaban J connectivity index is 2.38. The summed E-state index contributed by atoms with van der Waals surface area (Å²) in [5.41, 5.74) is 2.04. The van der Waals surface area contributed by atoms with Gasteiger partial charge in [-0.25, -0.2) is 0 Å². The molecule has 0 saturated heterocycles.